The highest BCUT2D eigenvalue weighted by Gasteiger charge is 2.29. The van der Waals surface area contributed by atoms with Crippen LogP contribution in [0.1, 0.15) is 41.6 Å². The number of sulfonamides is 1. The van der Waals surface area contributed by atoms with E-state index in [9.17, 15) is 13.2 Å². The summed E-state index contributed by atoms with van der Waals surface area (Å²) in [5, 5.41) is 0. The highest BCUT2D eigenvalue weighted by Crippen LogP contribution is 2.27. The van der Waals surface area contributed by atoms with Crippen molar-refractivity contribution in [2.24, 2.45) is 5.92 Å². The molecule has 4 rings (SSSR count). The molecule has 2 fully saturated rings. The van der Waals surface area contributed by atoms with Gasteiger partial charge in [-0.1, -0.05) is 36.4 Å². The van der Waals surface area contributed by atoms with Gasteiger partial charge in [0.2, 0.25) is 10.0 Å². The minimum absolute atomic E-state index is 0.00459. The fourth-order valence-corrected chi connectivity index (χ4v) is 5.90. The van der Waals surface area contributed by atoms with Gasteiger partial charge in [-0.25, -0.2) is 8.42 Å². The minimum atomic E-state index is -3.24. The maximum atomic E-state index is 13.0. The highest BCUT2D eigenvalue weighted by atomic mass is 32.2. The zero-order valence-electron chi connectivity index (χ0n) is 16.7. The van der Waals surface area contributed by atoms with Crippen LogP contribution >= 0.6 is 0 Å². The maximum Gasteiger partial charge on any atom is 0.253 e. The van der Waals surface area contributed by atoms with E-state index in [1.165, 1.54) is 9.87 Å². The Balaban J connectivity index is 1.34. The molecule has 0 atom stereocenters. The third-order valence-electron chi connectivity index (χ3n) is 6.07. The van der Waals surface area contributed by atoms with Crippen LogP contribution in [0.25, 0.3) is 0 Å². The lowest BCUT2D eigenvalue weighted by atomic mass is 9.90. The lowest BCUT2D eigenvalue weighted by Crippen LogP contribution is -2.38. The minimum Gasteiger partial charge on any atom is -0.339 e. The summed E-state index contributed by atoms with van der Waals surface area (Å²) in [5.41, 5.74) is 2.55. The van der Waals surface area contributed by atoms with Crippen LogP contribution in [-0.2, 0) is 16.4 Å². The number of carbonyl (C=O) groups is 1. The monoisotopic (exact) mass is 412 g/mol. The summed E-state index contributed by atoms with van der Waals surface area (Å²) in [5.74, 6) is 0.840. The van der Waals surface area contributed by atoms with E-state index < -0.39 is 10.0 Å². The molecule has 1 amide bonds. The molecule has 5 nitrogen and oxygen atoms in total. The van der Waals surface area contributed by atoms with Crippen LogP contribution in [0.4, 0.5) is 5.69 Å². The second-order valence-corrected chi connectivity index (χ2v) is 10.1. The Morgan fingerprint density at radius 1 is 0.966 bits per heavy atom. The third-order valence-corrected chi connectivity index (χ3v) is 7.94. The first kappa shape index (κ1) is 20.0. The standard InChI is InChI=1S/C23H28N2O3S/c26-23(21-8-4-9-22(18-21)25-14-5-17-29(25,27)28)24-15-12-20(13-16-24)11-10-19-6-2-1-3-7-19/h1-4,6-9,18,20H,5,10-17H2. The van der Waals surface area contributed by atoms with Crippen molar-refractivity contribution in [1.29, 1.82) is 0 Å². The molecule has 0 unspecified atom stereocenters. The first-order chi connectivity index (χ1) is 14.0. The van der Waals surface area contributed by atoms with Crippen LogP contribution in [0.3, 0.4) is 0 Å². The second kappa shape index (κ2) is 8.57. The smallest absolute Gasteiger partial charge is 0.253 e. The normalized spacial score (nSPS) is 19.4. The van der Waals surface area contributed by atoms with E-state index in [-0.39, 0.29) is 11.7 Å². The fourth-order valence-electron chi connectivity index (χ4n) is 4.35. The van der Waals surface area contributed by atoms with Crippen molar-refractivity contribution in [2.75, 3.05) is 29.7 Å². The summed E-state index contributed by atoms with van der Waals surface area (Å²) < 4.78 is 25.8. The fraction of sp³-hybridized carbons (Fsp3) is 0.435. The zero-order valence-corrected chi connectivity index (χ0v) is 17.5. The number of amides is 1. The predicted octanol–water partition coefficient (Wildman–Crippen LogP) is 3.71. The summed E-state index contributed by atoms with van der Waals surface area (Å²) in [6.45, 7) is 2.03. The Morgan fingerprint density at radius 3 is 2.41 bits per heavy atom. The van der Waals surface area contributed by atoms with Gasteiger partial charge < -0.3 is 4.90 Å². The van der Waals surface area contributed by atoms with E-state index in [0.29, 0.717) is 30.1 Å². The number of anilines is 1. The van der Waals surface area contributed by atoms with Crippen molar-refractivity contribution in [3.05, 3.63) is 65.7 Å². The van der Waals surface area contributed by atoms with E-state index in [1.807, 2.05) is 11.0 Å². The molecule has 0 bridgehead atoms. The van der Waals surface area contributed by atoms with Gasteiger partial charge in [0.15, 0.2) is 0 Å². The third kappa shape index (κ3) is 4.64. The maximum absolute atomic E-state index is 13.0. The lowest BCUT2D eigenvalue weighted by molar-refractivity contribution is 0.0687. The van der Waals surface area contributed by atoms with Gasteiger partial charge in [-0.3, -0.25) is 9.10 Å². The summed E-state index contributed by atoms with van der Waals surface area (Å²) in [6.07, 6.45) is 4.94. The first-order valence-electron chi connectivity index (χ1n) is 10.5. The van der Waals surface area contributed by atoms with Gasteiger partial charge in [0, 0.05) is 25.2 Å². The molecule has 0 aliphatic carbocycles. The molecule has 154 valence electrons. The Morgan fingerprint density at radius 2 is 1.72 bits per heavy atom. The molecule has 29 heavy (non-hydrogen) atoms. The second-order valence-electron chi connectivity index (χ2n) is 8.05. The molecule has 6 heteroatoms. The van der Waals surface area contributed by atoms with Crippen LogP contribution in [0.15, 0.2) is 54.6 Å². The number of likely N-dealkylation sites (tertiary alicyclic amines) is 1. The Labute approximate surface area is 173 Å². The van der Waals surface area contributed by atoms with E-state index in [1.54, 1.807) is 24.3 Å². The van der Waals surface area contributed by atoms with Crippen LogP contribution in [0.2, 0.25) is 0 Å². The number of carbonyl (C=O) groups excluding carboxylic acids is 1. The van der Waals surface area contributed by atoms with E-state index in [0.717, 1.165) is 38.8 Å². The van der Waals surface area contributed by atoms with Crippen molar-refractivity contribution in [3.63, 3.8) is 0 Å². The summed E-state index contributed by atoms with van der Waals surface area (Å²) >= 11 is 0. The number of hydrogen-bond donors (Lipinski definition) is 0. The molecule has 0 radical (unpaired) electrons. The Kier molecular flexibility index (Phi) is 5.90. The van der Waals surface area contributed by atoms with Gasteiger partial charge in [-0.15, -0.1) is 0 Å². The number of benzene rings is 2. The van der Waals surface area contributed by atoms with Gasteiger partial charge >= 0.3 is 0 Å². The van der Waals surface area contributed by atoms with Crippen molar-refractivity contribution < 1.29 is 13.2 Å². The molecule has 0 aromatic heterocycles. The number of rotatable bonds is 5. The van der Waals surface area contributed by atoms with Crippen LogP contribution in [-0.4, -0.2) is 44.6 Å². The zero-order chi connectivity index (χ0) is 20.3. The molecular formula is C23H28N2O3S. The molecule has 0 N–H and O–H groups in total. The van der Waals surface area contributed by atoms with Crippen molar-refractivity contribution in [3.8, 4) is 0 Å². The van der Waals surface area contributed by atoms with Gasteiger partial charge in [-0.05, 0) is 61.8 Å². The average Bonchev–Trinajstić information content (AvgIpc) is 3.12. The van der Waals surface area contributed by atoms with Gasteiger partial charge in [0.1, 0.15) is 0 Å². The molecule has 2 heterocycles. The van der Waals surface area contributed by atoms with Gasteiger partial charge in [0.25, 0.3) is 5.91 Å². The summed E-state index contributed by atoms with van der Waals surface area (Å²) in [6, 6.07) is 17.6. The summed E-state index contributed by atoms with van der Waals surface area (Å²) in [7, 11) is -3.24. The SMILES string of the molecule is O=C(c1cccc(N2CCCS2(=O)=O)c1)N1CCC(CCc2ccccc2)CC1. The number of nitrogens with zero attached hydrogens (tertiary/aromatic N) is 2. The summed E-state index contributed by atoms with van der Waals surface area (Å²) in [4.78, 5) is 14.9. The number of piperidine rings is 1. The first-order valence-corrected chi connectivity index (χ1v) is 12.1. The molecule has 2 saturated heterocycles. The largest absolute Gasteiger partial charge is 0.339 e. The molecule has 0 spiro atoms. The van der Waals surface area contributed by atoms with E-state index in [4.69, 9.17) is 0 Å². The average molecular weight is 413 g/mol. The highest BCUT2D eigenvalue weighted by molar-refractivity contribution is 7.93. The van der Waals surface area contributed by atoms with Crippen molar-refractivity contribution in [2.45, 2.75) is 32.1 Å². The van der Waals surface area contributed by atoms with Gasteiger partial charge in [0.05, 0.1) is 11.4 Å². The Hall–Kier alpha value is -2.34. The Bertz CT molecular complexity index is 951. The quantitative estimate of drug-likeness (QED) is 0.752. The van der Waals surface area contributed by atoms with Gasteiger partial charge in [-0.2, -0.15) is 0 Å². The molecule has 2 aliphatic rings. The predicted molar refractivity (Wildman–Crippen MR) is 116 cm³/mol. The molecule has 2 aromatic carbocycles. The van der Waals surface area contributed by atoms with Crippen molar-refractivity contribution in [1.82, 2.24) is 4.90 Å². The molecule has 0 saturated carbocycles. The topological polar surface area (TPSA) is 57.7 Å². The van der Waals surface area contributed by atoms with E-state index in [2.05, 4.69) is 24.3 Å². The number of hydrogen-bond acceptors (Lipinski definition) is 3. The lowest BCUT2D eigenvalue weighted by Gasteiger charge is -2.32. The van der Waals surface area contributed by atoms with Crippen LogP contribution < -0.4 is 4.31 Å². The molecule has 2 aromatic rings. The molecular weight excluding hydrogens is 384 g/mol. The molecule has 2 aliphatic heterocycles. The van der Waals surface area contributed by atoms with Crippen LogP contribution in [0, 0.1) is 5.92 Å². The number of aryl methyl sites for hydroxylation is 1. The van der Waals surface area contributed by atoms with Crippen molar-refractivity contribution >= 4 is 21.6 Å². The van der Waals surface area contributed by atoms with Crippen LogP contribution in [0.5, 0.6) is 0 Å². The van der Waals surface area contributed by atoms with E-state index >= 15 is 0 Å².